The number of carbonyl (C=O) groups is 2. The van der Waals surface area contributed by atoms with Crippen molar-refractivity contribution >= 4 is 34.7 Å². The van der Waals surface area contributed by atoms with E-state index in [2.05, 4.69) is 5.32 Å². The van der Waals surface area contributed by atoms with Crippen molar-refractivity contribution in [1.82, 2.24) is 0 Å². The Balaban J connectivity index is 2.75. The smallest absolute Gasteiger partial charge is 0.347 e. The summed E-state index contributed by atoms with van der Waals surface area (Å²) in [5.74, 6) is -2.05. The van der Waals surface area contributed by atoms with Crippen LogP contribution in [0, 0.1) is 11.3 Å². The highest BCUT2D eigenvalue weighted by molar-refractivity contribution is 6.37. The van der Waals surface area contributed by atoms with E-state index in [1.807, 2.05) is 0 Å². The van der Waals surface area contributed by atoms with Crippen LogP contribution in [0.25, 0.3) is 5.57 Å². The van der Waals surface area contributed by atoms with Crippen molar-refractivity contribution in [2.24, 2.45) is 0 Å². The van der Waals surface area contributed by atoms with Crippen LogP contribution in [-0.4, -0.2) is 17.0 Å². The molecule has 1 aliphatic heterocycles. The molecule has 0 spiro atoms. The maximum absolute atomic E-state index is 11.6. The van der Waals surface area contributed by atoms with E-state index in [0.717, 1.165) is 0 Å². The zero-order valence-electron chi connectivity index (χ0n) is 8.32. The van der Waals surface area contributed by atoms with Gasteiger partial charge < -0.3 is 10.4 Å². The van der Waals surface area contributed by atoms with Crippen molar-refractivity contribution in [2.75, 3.05) is 5.32 Å². The number of halogens is 1. The summed E-state index contributed by atoms with van der Waals surface area (Å²) in [7, 11) is 0. The van der Waals surface area contributed by atoms with Crippen molar-refractivity contribution in [3.63, 3.8) is 0 Å². The minimum atomic E-state index is -1.44. The predicted octanol–water partition coefficient (Wildman–Crippen LogP) is 1.65. The summed E-state index contributed by atoms with van der Waals surface area (Å²) in [6, 6.07) is 6.08. The fourth-order valence-corrected chi connectivity index (χ4v) is 1.77. The Morgan fingerprint density at radius 2 is 2.18 bits per heavy atom. The molecule has 1 aromatic rings. The fourth-order valence-electron chi connectivity index (χ4n) is 1.60. The number of benzene rings is 1. The lowest BCUT2D eigenvalue weighted by Gasteiger charge is -1.99. The molecule has 1 aromatic carbocycles. The van der Waals surface area contributed by atoms with Crippen LogP contribution in [0.15, 0.2) is 23.8 Å². The third-order valence-corrected chi connectivity index (χ3v) is 2.54. The molecule has 0 fully saturated rings. The van der Waals surface area contributed by atoms with Crippen LogP contribution in [-0.2, 0) is 9.59 Å². The first-order chi connectivity index (χ1) is 8.04. The summed E-state index contributed by atoms with van der Waals surface area (Å²) < 4.78 is 0. The molecule has 1 amide bonds. The molecule has 2 rings (SSSR count). The molecule has 5 nitrogen and oxygen atoms in total. The van der Waals surface area contributed by atoms with E-state index in [0.29, 0.717) is 16.3 Å². The van der Waals surface area contributed by atoms with Gasteiger partial charge in [0.05, 0.1) is 5.57 Å². The van der Waals surface area contributed by atoms with E-state index in [1.165, 1.54) is 12.1 Å². The Morgan fingerprint density at radius 1 is 1.47 bits per heavy atom. The zero-order valence-corrected chi connectivity index (χ0v) is 9.08. The van der Waals surface area contributed by atoms with E-state index < -0.39 is 17.4 Å². The Bertz CT molecular complexity index is 614. The average molecular weight is 249 g/mol. The molecule has 0 bridgehead atoms. The van der Waals surface area contributed by atoms with E-state index in [9.17, 15) is 9.59 Å². The molecule has 0 aromatic heterocycles. The number of fused-ring (bicyclic) bond motifs is 1. The van der Waals surface area contributed by atoms with Crippen LogP contribution in [0.1, 0.15) is 5.56 Å². The maximum Gasteiger partial charge on any atom is 0.347 e. The first kappa shape index (κ1) is 11.2. The van der Waals surface area contributed by atoms with Gasteiger partial charge in [-0.15, -0.1) is 0 Å². The standard InChI is InChI=1S/C11H5ClN2O3/c12-5-1-2-8-6(3-5)9(10(15)14-8)7(4-13)11(16)17/h1-3H,(H,14,15)(H,16,17). The minimum absolute atomic E-state index is 0.155. The van der Waals surface area contributed by atoms with Crippen molar-refractivity contribution in [3.05, 3.63) is 34.4 Å². The van der Waals surface area contributed by atoms with Crippen molar-refractivity contribution in [2.45, 2.75) is 0 Å². The number of rotatable bonds is 1. The van der Waals surface area contributed by atoms with Gasteiger partial charge in [0.1, 0.15) is 6.07 Å². The van der Waals surface area contributed by atoms with Gasteiger partial charge in [0.15, 0.2) is 5.57 Å². The molecule has 0 saturated heterocycles. The van der Waals surface area contributed by atoms with Gasteiger partial charge in [0, 0.05) is 16.3 Å². The number of carboxylic acid groups (broad SMARTS) is 1. The quantitative estimate of drug-likeness (QED) is 0.584. The molecule has 2 N–H and O–H groups in total. The van der Waals surface area contributed by atoms with Gasteiger partial charge in [-0.1, -0.05) is 11.6 Å². The van der Waals surface area contributed by atoms with E-state index in [4.69, 9.17) is 22.0 Å². The second-order valence-corrected chi connectivity index (χ2v) is 3.75. The van der Waals surface area contributed by atoms with Crippen LogP contribution >= 0.6 is 11.6 Å². The third-order valence-electron chi connectivity index (χ3n) is 2.30. The first-order valence-electron chi connectivity index (χ1n) is 4.53. The summed E-state index contributed by atoms with van der Waals surface area (Å²) in [5.41, 5.74) is 0.0332. The van der Waals surface area contributed by atoms with Crippen LogP contribution in [0.4, 0.5) is 5.69 Å². The van der Waals surface area contributed by atoms with Gasteiger partial charge in [0.25, 0.3) is 5.91 Å². The topological polar surface area (TPSA) is 90.2 Å². The van der Waals surface area contributed by atoms with Gasteiger partial charge in [-0.05, 0) is 18.2 Å². The zero-order chi connectivity index (χ0) is 12.6. The van der Waals surface area contributed by atoms with E-state index in [1.54, 1.807) is 12.1 Å². The highest BCUT2D eigenvalue weighted by atomic mass is 35.5. The number of nitriles is 1. The van der Waals surface area contributed by atoms with Gasteiger partial charge in [0.2, 0.25) is 0 Å². The molecular weight excluding hydrogens is 244 g/mol. The Hall–Kier alpha value is -2.32. The molecule has 1 aliphatic rings. The highest BCUT2D eigenvalue weighted by Crippen LogP contribution is 2.35. The summed E-state index contributed by atoms with van der Waals surface area (Å²) in [6.07, 6.45) is 0. The SMILES string of the molecule is N#CC(C(=O)O)=C1C(=O)Nc2ccc(Cl)cc21. The third kappa shape index (κ3) is 1.75. The van der Waals surface area contributed by atoms with Gasteiger partial charge >= 0.3 is 5.97 Å². The van der Waals surface area contributed by atoms with Crippen LogP contribution < -0.4 is 5.32 Å². The lowest BCUT2D eigenvalue weighted by molar-refractivity contribution is -0.132. The molecule has 6 heteroatoms. The molecule has 0 saturated carbocycles. The predicted molar refractivity (Wildman–Crippen MR) is 60.3 cm³/mol. The Morgan fingerprint density at radius 3 is 2.76 bits per heavy atom. The van der Waals surface area contributed by atoms with Crippen LogP contribution in [0.5, 0.6) is 0 Å². The number of hydrogen-bond acceptors (Lipinski definition) is 3. The number of nitrogens with one attached hydrogen (secondary N) is 1. The number of amides is 1. The minimum Gasteiger partial charge on any atom is -0.477 e. The first-order valence-corrected chi connectivity index (χ1v) is 4.91. The Labute approximate surface area is 101 Å². The summed E-state index contributed by atoms with van der Waals surface area (Å²) in [6.45, 7) is 0. The number of aliphatic carboxylic acids is 1. The summed E-state index contributed by atoms with van der Waals surface area (Å²) in [5, 5.41) is 20.5. The molecule has 0 atom stereocenters. The molecule has 0 aliphatic carbocycles. The monoisotopic (exact) mass is 248 g/mol. The molecule has 0 unspecified atom stereocenters. The average Bonchev–Trinajstić information content (AvgIpc) is 2.56. The second kappa shape index (κ2) is 3.92. The van der Waals surface area contributed by atoms with Gasteiger partial charge in [-0.25, -0.2) is 4.79 Å². The number of carbonyl (C=O) groups excluding carboxylic acids is 1. The van der Waals surface area contributed by atoms with E-state index >= 15 is 0 Å². The molecule has 84 valence electrons. The van der Waals surface area contributed by atoms with Crippen molar-refractivity contribution < 1.29 is 14.7 Å². The maximum atomic E-state index is 11.6. The number of nitrogens with zero attached hydrogens (tertiary/aromatic N) is 1. The number of anilines is 1. The molecule has 0 radical (unpaired) electrons. The fraction of sp³-hybridized carbons (Fsp3) is 0. The van der Waals surface area contributed by atoms with Crippen molar-refractivity contribution in [1.29, 1.82) is 5.26 Å². The number of hydrogen-bond donors (Lipinski definition) is 2. The normalized spacial score (nSPS) is 15.9. The Kier molecular flexibility index (Phi) is 2.58. The molecular formula is C11H5ClN2O3. The number of carboxylic acids is 1. The van der Waals surface area contributed by atoms with Crippen molar-refractivity contribution in [3.8, 4) is 6.07 Å². The molecule has 17 heavy (non-hydrogen) atoms. The summed E-state index contributed by atoms with van der Waals surface area (Å²) >= 11 is 5.77. The second-order valence-electron chi connectivity index (χ2n) is 3.31. The van der Waals surface area contributed by atoms with Gasteiger partial charge in [-0.2, -0.15) is 5.26 Å². The largest absolute Gasteiger partial charge is 0.477 e. The lowest BCUT2D eigenvalue weighted by Crippen LogP contribution is -2.09. The lowest BCUT2D eigenvalue weighted by atomic mass is 10.0. The molecule has 1 heterocycles. The van der Waals surface area contributed by atoms with Gasteiger partial charge in [-0.3, -0.25) is 4.79 Å². The highest BCUT2D eigenvalue weighted by Gasteiger charge is 2.30. The van der Waals surface area contributed by atoms with E-state index in [-0.39, 0.29) is 5.57 Å². The van der Waals surface area contributed by atoms with Crippen LogP contribution in [0.3, 0.4) is 0 Å². The summed E-state index contributed by atoms with van der Waals surface area (Å²) in [4.78, 5) is 22.5. The van der Waals surface area contributed by atoms with Crippen LogP contribution in [0.2, 0.25) is 5.02 Å².